The van der Waals surface area contributed by atoms with Crippen molar-refractivity contribution in [1.29, 1.82) is 0 Å². The first-order valence-electron chi connectivity index (χ1n) is 6.07. The largest absolute Gasteiger partial charge is 0.387 e. The third kappa shape index (κ3) is 4.09. The van der Waals surface area contributed by atoms with Crippen LogP contribution in [0.2, 0.25) is 0 Å². The van der Waals surface area contributed by atoms with Crippen molar-refractivity contribution in [2.75, 3.05) is 6.54 Å². The highest BCUT2D eigenvalue weighted by Crippen LogP contribution is 2.17. The zero-order valence-electron chi connectivity index (χ0n) is 11.0. The molecule has 0 saturated carbocycles. The van der Waals surface area contributed by atoms with Crippen molar-refractivity contribution in [3.63, 3.8) is 0 Å². The molecule has 2 atom stereocenters. The maximum atomic E-state index is 10.5. The summed E-state index contributed by atoms with van der Waals surface area (Å²) in [6.45, 7) is 6.72. The molecule has 0 bridgehead atoms. The standard InChI is InChI=1S/C13H20N2O3/c1-9(2)10(3)14-8-13(16)11-4-6-12(7-5-11)15(17)18/h4-7,9-10,13-14,16H,8H2,1-3H3. The first kappa shape index (κ1) is 14.6. The Bertz CT molecular complexity index is 390. The normalized spacial score (nSPS) is 14.5. The van der Waals surface area contributed by atoms with E-state index < -0.39 is 11.0 Å². The van der Waals surface area contributed by atoms with Gasteiger partial charge in [-0.2, -0.15) is 0 Å². The van der Waals surface area contributed by atoms with Crippen molar-refractivity contribution in [1.82, 2.24) is 5.32 Å². The van der Waals surface area contributed by atoms with Gasteiger partial charge in [-0.05, 0) is 30.5 Å². The number of aliphatic hydroxyl groups excluding tert-OH is 1. The first-order chi connectivity index (χ1) is 8.41. The summed E-state index contributed by atoms with van der Waals surface area (Å²) >= 11 is 0. The predicted molar refractivity (Wildman–Crippen MR) is 70.4 cm³/mol. The Kier molecular flexibility index (Phi) is 5.25. The minimum Gasteiger partial charge on any atom is -0.387 e. The molecule has 0 aliphatic rings. The van der Waals surface area contributed by atoms with Crippen LogP contribution in [0.25, 0.3) is 0 Å². The highest BCUT2D eigenvalue weighted by Gasteiger charge is 2.12. The second kappa shape index (κ2) is 6.47. The molecule has 2 N–H and O–H groups in total. The smallest absolute Gasteiger partial charge is 0.269 e. The number of nitro benzene ring substituents is 1. The van der Waals surface area contributed by atoms with E-state index in [0.717, 1.165) is 0 Å². The third-order valence-electron chi connectivity index (χ3n) is 3.12. The molecule has 0 heterocycles. The number of non-ortho nitro benzene ring substituents is 1. The van der Waals surface area contributed by atoms with Crippen molar-refractivity contribution in [3.05, 3.63) is 39.9 Å². The number of nitro groups is 1. The number of benzene rings is 1. The lowest BCUT2D eigenvalue weighted by Crippen LogP contribution is -2.34. The molecular weight excluding hydrogens is 232 g/mol. The van der Waals surface area contributed by atoms with Gasteiger partial charge in [0.1, 0.15) is 0 Å². The lowest BCUT2D eigenvalue weighted by Gasteiger charge is -2.20. The fourth-order valence-corrected chi connectivity index (χ4v) is 1.47. The van der Waals surface area contributed by atoms with Gasteiger partial charge in [0.25, 0.3) is 5.69 Å². The molecule has 5 nitrogen and oxygen atoms in total. The minimum absolute atomic E-state index is 0.0365. The number of nitrogens with zero attached hydrogens (tertiary/aromatic N) is 1. The van der Waals surface area contributed by atoms with Crippen LogP contribution >= 0.6 is 0 Å². The summed E-state index contributed by atoms with van der Waals surface area (Å²) in [5.74, 6) is 0.495. The molecule has 2 unspecified atom stereocenters. The van der Waals surface area contributed by atoms with Crippen LogP contribution in [0, 0.1) is 16.0 Å². The second-order valence-electron chi connectivity index (χ2n) is 4.81. The minimum atomic E-state index is -0.646. The van der Waals surface area contributed by atoms with Crippen molar-refractivity contribution in [3.8, 4) is 0 Å². The van der Waals surface area contributed by atoms with Gasteiger partial charge < -0.3 is 10.4 Å². The van der Waals surface area contributed by atoms with Crippen LogP contribution < -0.4 is 5.32 Å². The second-order valence-corrected chi connectivity index (χ2v) is 4.81. The molecule has 1 aromatic carbocycles. The first-order valence-corrected chi connectivity index (χ1v) is 6.07. The summed E-state index contributed by atoms with van der Waals surface area (Å²) in [7, 11) is 0. The zero-order valence-corrected chi connectivity index (χ0v) is 11.0. The molecule has 0 saturated heterocycles. The highest BCUT2D eigenvalue weighted by atomic mass is 16.6. The van der Waals surface area contributed by atoms with Crippen LogP contribution in [-0.2, 0) is 0 Å². The van der Waals surface area contributed by atoms with E-state index in [0.29, 0.717) is 24.1 Å². The molecule has 0 amide bonds. The van der Waals surface area contributed by atoms with Crippen molar-refractivity contribution < 1.29 is 10.0 Å². The summed E-state index contributed by atoms with van der Waals surface area (Å²) < 4.78 is 0. The molecule has 0 spiro atoms. The predicted octanol–water partition coefficient (Wildman–Crippen LogP) is 2.26. The van der Waals surface area contributed by atoms with Crippen molar-refractivity contribution >= 4 is 5.69 Å². The number of hydrogen-bond donors (Lipinski definition) is 2. The Hall–Kier alpha value is -1.46. The SMILES string of the molecule is CC(C)C(C)NCC(O)c1ccc([N+](=O)[O-])cc1. The summed E-state index contributed by atoms with van der Waals surface area (Å²) in [4.78, 5) is 10.1. The fourth-order valence-electron chi connectivity index (χ4n) is 1.47. The molecular formula is C13H20N2O3. The quantitative estimate of drug-likeness (QED) is 0.601. The Morgan fingerprint density at radius 1 is 1.28 bits per heavy atom. The number of hydrogen-bond acceptors (Lipinski definition) is 4. The van der Waals surface area contributed by atoms with Gasteiger partial charge in [0.15, 0.2) is 0 Å². The van der Waals surface area contributed by atoms with E-state index in [4.69, 9.17) is 0 Å². The number of rotatable bonds is 6. The van der Waals surface area contributed by atoms with E-state index in [1.165, 1.54) is 12.1 Å². The summed E-state index contributed by atoms with van der Waals surface area (Å²) in [5.41, 5.74) is 0.721. The third-order valence-corrected chi connectivity index (χ3v) is 3.12. The van der Waals surface area contributed by atoms with Crippen LogP contribution in [-0.4, -0.2) is 22.6 Å². The van der Waals surface area contributed by atoms with E-state index in [-0.39, 0.29) is 5.69 Å². The Morgan fingerprint density at radius 2 is 1.83 bits per heavy atom. The van der Waals surface area contributed by atoms with E-state index >= 15 is 0 Å². The lowest BCUT2D eigenvalue weighted by atomic mass is 10.1. The van der Waals surface area contributed by atoms with Crippen molar-refractivity contribution in [2.24, 2.45) is 5.92 Å². The van der Waals surface area contributed by atoms with Crippen molar-refractivity contribution in [2.45, 2.75) is 32.9 Å². The van der Waals surface area contributed by atoms with Gasteiger partial charge in [-0.15, -0.1) is 0 Å². The maximum Gasteiger partial charge on any atom is 0.269 e. The van der Waals surface area contributed by atoms with Gasteiger partial charge in [-0.25, -0.2) is 0 Å². The van der Waals surface area contributed by atoms with Gasteiger partial charge in [0.05, 0.1) is 11.0 Å². The molecule has 1 rings (SSSR count). The molecule has 100 valence electrons. The van der Waals surface area contributed by atoms with Gasteiger partial charge in [0, 0.05) is 24.7 Å². The van der Waals surface area contributed by atoms with E-state index in [1.54, 1.807) is 12.1 Å². The van der Waals surface area contributed by atoms with Crippen LogP contribution in [0.1, 0.15) is 32.4 Å². The Morgan fingerprint density at radius 3 is 2.28 bits per heavy atom. The summed E-state index contributed by atoms with van der Waals surface area (Å²) in [6.07, 6.45) is -0.646. The molecule has 1 aromatic rings. The Balaban J connectivity index is 2.56. The van der Waals surface area contributed by atoms with E-state index in [9.17, 15) is 15.2 Å². The van der Waals surface area contributed by atoms with Crippen LogP contribution in [0.4, 0.5) is 5.69 Å². The lowest BCUT2D eigenvalue weighted by molar-refractivity contribution is -0.384. The van der Waals surface area contributed by atoms with Gasteiger partial charge in [0.2, 0.25) is 0 Å². The van der Waals surface area contributed by atoms with Crippen LogP contribution in [0.3, 0.4) is 0 Å². The molecule has 0 aromatic heterocycles. The van der Waals surface area contributed by atoms with Gasteiger partial charge in [-0.3, -0.25) is 10.1 Å². The molecule has 5 heteroatoms. The maximum absolute atomic E-state index is 10.5. The average molecular weight is 252 g/mol. The van der Waals surface area contributed by atoms with E-state index in [1.807, 2.05) is 0 Å². The van der Waals surface area contributed by atoms with Gasteiger partial charge >= 0.3 is 0 Å². The van der Waals surface area contributed by atoms with E-state index in [2.05, 4.69) is 26.1 Å². The molecule has 0 fully saturated rings. The monoisotopic (exact) mass is 252 g/mol. The molecule has 0 radical (unpaired) electrons. The highest BCUT2D eigenvalue weighted by molar-refractivity contribution is 5.33. The van der Waals surface area contributed by atoms with Crippen LogP contribution in [0.15, 0.2) is 24.3 Å². The summed E-state index contributed by atoms with van der Waals surface area (Å²) in [5, 5.41) is 23.7. The van der Waals surface area contributed by atoms with Gasteiger partial charge in [-0.1, -0.05) is 13.8 Å². The Labute approximate surface area is 107 Å². The fraction of sp³-hybridized carbons (Fsp3) is 0.538. The number of aliphatic hydroxyl groups is 1. The number of nitrogens with one attached hydrogen (secondary N) is 1. The summed E-state index contributed by atoms with van der Waals surface area (Å²) in [6, 6.07) is 6.31. The topological polar surface area (TPSA) is 75.4 Å². The molecule has 0 aliphatic carbocycles. The molecule has 0 aliphatic heterocycles. The zero-order chi connectivity index (χ0) is 13.7. The average Bonchev–Trinajstić information content (AvgIpc) is 2.35. The molecule has 18 heavy (non-hydrogen) atoms. The van der Waals surface area contributed by atoms with Crippen LogP contribution in [0.5, 0.6) is 0 Å².